The van der Waals surface area contributed by atoms with Crippen molar-refractivity contribution in [2.45, 2.75) is 25.3 Å². The summed E-state index contributed by atoms with van der Waals surface area (Å²) in [5, 5.41) is 25.5. The summed E-state index contributed by atoms with van der Waals surface area (Å²) < 4.78 is 4.18. The van der Waals surface area contributed by atoms with Crippen LogP contribution in [0.2, 0.25) is 0 Å². The summed E-state index contributed by atoms with van der Waals surface area (Å²) >= 11 is 0. The quantitative estimate of drug-likeness (QED) is 0.240. The van der Waals surface area contributed by atoms with E-state index in [4.69, 9.17) is 21.1 Å². The fourth-order valence-corrected chi connectivity index (χ4v) is 1.08. The van der Waals surface area contributed by atoms with Crippen molar-refractivity contribution in [1.82, 2.24) is 0 Å². The van der Waals surface area contributed by atoms with Crippen molar-refractivity contribution in [1.29, 1.82) is 0 Å². The van der Waals surface area contributed by atoms with Crippen LogP contribution in [0.25, 0.3) is 0 Å². The zero-order valence-electron chi connectivity index (χ0n) is 10.6. The molecule has 5 N–H and O–H groups in total. The Balaban J connectivity index is 4.52. The van der Waals surface area contributed by atoms with Crippen LogP contribution in [0.5, 0.6) is 0 Å². The molecule has 0 aromatic rings. The minimum absolute atomic E-state index is 0.272. The second-order valence-corrected chi connectivity index (χ2v) is 3.82. The van der Waals surface area contributed by atoms with Crippen LogP contribution in [0.1, 0.15) is 19.3 Å². The Morgan fingerprint density at radius 1 is 1.10 bits per heavy atom. The predicted molar refractivity (Wildman–Crippen MR) is 63.9 cm³/mol. The lowest BCUT2D eigenvalue weighted by Gasteiger charge is -2.05. The molecule has 116 valence electrons. The lowest BCUT2D eigenvalue weighted by Crippen LogP contribution is -2.30. The molecule has 21 heavy (non-hydrogen) atoms. The van der Waals surface area contributed by atoms with Gasteiger partial charge in [-0.1, -0.05) is 0 Å². The first-order chi connectivity index (χ1) is 9.63. The minimum Gasteiger partial charge on any atom is -0.481 e. The molecule has 0 aliphatic heterocycles. The first-order valence-corrected chi connectivity index (χ1v) is 5.52. The Morgan fingerprint density at radius 2 is 1.67 bits per heavy atom. The number of esters is 2. The standard InChI is InChI=1S/C11H13NO9/c12-6(11(19)20)1-2-8(15)21-9(16)4-5(10(17)18)3-7(13)14/h4,6H,1-3,12H2,(H,13,14)(H,17,18)(H,19,20)/t6-/m0/s1. The van der Waals surface area contributed by atoms with Crippen molar-refractivity contribution in [2.75, 3.05) is 0 Å². The summed E-state index contributed by atoms with van der Waals surface area (Å²) in [5.41, 5.74) is 4.36. The summed E-state index contributed by atoms with van der Waals surface area (Å²) in [4.78, 5) is 53.8. The molecule has 0 spiro atoms. The van der Waals surface area contributed by atoms with Gasteiger partial charge in [-0.05, 0) is 6.42 Å². The minimum atomic E-state index is -1.64. The van der Waals surface area contributed by atoms with Crippen molar-refractivity contribution in [3.8, 4) is 0 Å². The lowest BCUT2D eigenvalue weighted by molar-refractivity contribution is -0.156. The predicted octanol–water partition coefficient (Wildman–Crippen LogP) is -1.27. The Kier molecular flexibility index (Phi) is 7.32. The van der Waals surface area contributed by atoms with Crippen molar-refractivity contribution in [3.63, 3.8) is 0 Å². The molecule has 1 atom stereocenters. The van der Waals surface area contributed by atoms with E-state index in [1.54, 1.807) is 0 Å². The highest BCUT2D eigenvalue weighted by molar-refractivity contribution is 6.01. The Labute approximate surface area is 117 Å². The average Bonchev–Trinajstić information content (AvgIpc) is 2.34. The number of carboxylic acid groups (broad SMARTS) is 3. The van der Waals surface area contributed by atoms with Gasteiger partial charge in [0.2, 0.25) is 0 Å². The van der Waals surface area contributed by atoms with Crippen LogP contribution in [0.15, 0.2) is 11.6 Å². The van der Waals surface area contributed by atoms with Gasteiger partial charge in [0.25, 0.3) is 0 Å². The molecule has 0 amide bonds. The van der Waals surface area contributed by atoms with Gasteiger partial charge in [0.05, 0.1) is 12.0 Å². The molecule has 10 heteroatoms. The Bertz CT molecular complexity index is 494. The number of ether oxygens (including phenoxy) is 1. The number of carbonyl (C=O) groups excluding carboxylic acids is 2. The summed E-state index contributed by atoms with van der Waals surface area (Å²) in [6, 6.07) is -1.30. The van der Waals surface area contributed by atoms with E-state index in [9.17, 15) is 24.0 Å². The van der Waals surface area contributed by atoms with Gasteiger partial charge in [0, 0.05) is 12.5 Å². The number of hydrogen-bond acceptors (Lipinski definition) is 7. The number of carboxylic acids is 3. The molecule has 0 unspecified atom stereocenters. The molecule has 0 saturated heterocycles. The topological polar surface area (TPSA) is 181 Å². The molecule has 0 fully saturated rings. The van der Waals surface area contributed by atoms with Gasteiger partial charge in [0.1, 0.15) is 6.04 Å². The first kappa shape index (κ1) is 18.2. The van der Waals surface area contributed by atoms with Gasteiger partial charge in [0.15, 0.2) is 0 Å². The molecule has 0 aliphatic carbocycles. The molecule has 0 heterocycles. The number of hydrogen-bond donors (Lipinski definition) is 4. The highest BCUT2D eigenvalue weighted by Gasteiger charge is 2.18. The van der Waals surface area contributed by atoms with Gasteiger partial charge < -0.3 is 25.8 Å². The molecule has 0 aromatic heterocycles. The fraction of sp³-hybridized carbons (Fsp3) is 0.364. The Morgan fingerprint density at radius 3 is 2.10 bits per heavy atom. The zero-order chi connectivity index (χ0) is 16.6. The van der Waals surface area contributed by atoms with Crippen molar-refractivity contribution >= 4 is 29.8 Å². The molecule has 0 aliphatic rings. The second-order valence-electron chi connectivity index (χ2n) is 3.82. The molecular weight excluding hydrogens is 290 g/mol. The highest BCUT2D eigenvalue weighted by atomic mass is 16.6. The summed E-state index contributed by atoms with van der Waals surface area (Å²) in [7, 11) is 0. The van der Waals surface area contributed by atoms with E-state index in [2.05, 4.69) is 4.74 Å². The zero-order valence-corrected chi connectivity index (χ0v) is 10.6. The van der Waals surface area contributed by atoms with Gasteiger partial charge in [-0.15, -0.1) is 0 Å². The molecule has 0 aromatic carbocycles. The van der Waals surface area contributed by atoms with Crippen LogP contribution in [0.3, 0.4) is 0 Å². The molecular formula is C11H13NO9. The van der Waals surface area contributed by atoms with E-state index in [-0.39, 0.29) is 6.42 Å². The molecule has 0 radical (unpaired) electrons. The smallest absolute Gasteiger partial charge is 0.338 e. The maximum absolute atomic E-state index is 11.2. The van der Waals surface area contributed by atoms with Crippen LogP contribution in [0, 0.1) is 0 Å². The normalized spacial score (nSPS) is 12.3. The summed E-state index contributed by atoms with van der Waals surface area (Å²) in [6.07, 6.45) is -1.30. The van der Waals surface area contributed by atoms with Crippen LogP contribution in [0.4, 0.5) is 0 Å². The van der Waals surface area contributed by atoms with E-state index in [1.165, 1.54) is 0 Å². The molecule has 0 bridgehead atoms. The van der Waals surface area contributed by atoms with Crippen LogP contribution >= 0.6 is 0 Å². The number of carbonyl (C=O) groups is 5. The third-order valence-corrected chi connectivity index (χ3v) is 2.10. The summed E-state index contributed by atoms with van der Waals surface area (Å²) in [5.74, 6) is -6.91. The number of aliphatic carboxylic acids is 3. The number of rotatable bonds is 8. The van der Waals surface area contributed by atoms with Crippen LogP contribution < -0.4 is 5.73 Å². The third-order valence-electron chi connectivity index (χ3n) is 2.10. The van der Waals surface area contributed by atoms with Crippen LogP contribution in [-0.4, -0.2) is 51.2 Å². The largest absolute Gasteiger partial charge is 0.481 e. The second kappa shape index (κ2) is 8.43. The lowest BCUT2D eigenvalue weighted by atomic mass is 10.1. The van der Waals surface area contributed by atoms with E-state index >= 15 is 0 Å². The van der Waals surface area contributed by atoms with Crippen molar-refractivity contribution in [2.24, 2.45) is 5.73 Å². The van der Waals surface area contributed by atoms with Gasteiger partial charge in [-0.25, -0.2) is 9.59 Å². The van der Waals surface area contributed by atoms with Gasteiger partial charge in [-0.2, -0.15) is 0 Å². The maximum Gasteiger partial charge on any atom is 0.338 e. The summed E-state index contributed by atoms with van der Waals surface area (Å²) in [6.45, 7) is 0. The van der Waals surface area contributed by atoms with Gasteiger partial charge >= 0.3 is 29.8 Å². The maximum atomic E-state index is 11.2. The molecule has 0 rings (SSSR count). The average molecular weight is 303 g/mol. The molecule has 0 saturated carbocycles. The van der Waals surface area contributed by atoms with Crippen LogP contribution in [-0.2, 0) is 28.7 Å². The highest BCUT2D eigenvalue weighted by Crippen LogP contribution is 2.04. The van der Waals surface area contributed by atoms with Gasteiger partial charge in [-0.3, -0.25) is 14.4 Å². The van der Waals surface area contributed by atoms with E-state index in [0.29, 0.717) is 6.08 Å². The first-order valence-electron chi connectivity index (χ1n) is 5.52. The van der Waals surface area contributed by atoms with E-state index in [0.717, 1.165) is 0 Å². The third kappa shape index (κ3) is 8.10. The Hall–Kier alpha value is -2.75. The SMILES string of the molecule is N[C@@H](CCC(=O)OC(=O)C=C(CC(=O)O)C(=O)O)C(=O)O. The van der Waals surface area contributed by atoms with E-state index in [1.807, 2.05) is 0 Å². The molecule has 10 nitrogen and oxygen atoms in total. The monoisotopic (exact) mass is 303 g/mol. The van der Waals surface area contributed by atoms with Crippen molar-refractivity contribution in [3.05, 3.63) is 11.6 Å². The number of nitrogens with two attached hydrogens (primary N) is 1. The van der Waals surface area contributed by atoms with E-state index < -0.39 is 54.3 Å². The van der Waals surface area contributed by atoms with Crippen molar-refractivity contribution < 1.29 is 44.0 Å². The fourth-order valence-electron chi connectivity index (χ4n) is 1.08.